The van der Waals surface area contributed by atoms with E-state index >= 15 is 0 Å². The summed E-state index contributed by atoms with van der Waals surface area (Å²) in [5, 5.41) is 6.78. The van der Waals surface area contributed by atoms with Gasteiger partial charge in [-0.05, 0) is 38.1 Å². The summed E-state index contributed by atoms with van der Waals surface area (Å²) in [5.74, 6) is 2.35. The number of ether oxygens (including phenoxy) is 2. The standard InChI is InChI=1S/C19H27N3O2S/c1-13(10-17-9-6-14(2)25-17)22-19(20-3)21-12-15-7-8-16(23-4)11-18(15)24-5/h6-9,11,13H,10,12H2,1-5H3,(H2,20,21,22). The summed E-state index contributed by atoms with van der Waals surface area (Å²) in [4.78, 5) is 7.03. The van der Waals surface area contributed by atoms with Crippen LogP contribution in [0.1, 0.15) is 22.2 Å². The van der Waals surface area contributed by atoms with E-state index in [1.165, 1.54) is 9.75 Å². The number of benzene rings is 1. The fourth-order valence-electron chi connectivity index (χ4n) is 2.55. The molecule has 0 aliphatic carbocycles. The highest BCUT2D eigenvalue weighted by molar-refractivity contribution is 7.11. The Morgan fingerprint density at radius 2 is 2.00 bits per heavy atom. The molecule has 6 heteroatoms. The number of hydrogen-bond acceptors (Lipinski definition) is 4. The van der Waals surface area contributed by atoms with Crippen LogP contribution in [0.25, 0.3) is 0 Å². The zero-order chi connectivity index (χ0) is 18.2. The van der Waals surface area contributed by atoms with E-state index in [1.807, 2.05) is 29.5 Å². The van der Waals surface area contributed by atoms with Gasteiger partial charge in [0.1, 0.15) is 11.5 Å². The van der Waals surface area contributed by atoms with Crippen LogP contribution < -0.4 is 20.1 Å². The average molecular weight is 362 g/mol. The van der Waals surface area contributed by atoms with Crippen molar-refractivity contribution in [3.8, 4) is 11.5 Å². The number of aliphatic imine (C=N–C) groups is 1. The molecule has 0 bridgehead atoms. The second-order valence-corrected chi connectivity index (χ2v) is 7.24. The lowest BCUT2D eigenvalue weighted by molar-refractivity contribution is 0.390. The van der Waals surface area contributed by atoms with Crippen LogP contribution >= 0.6 is 11.3 Å². The molecule has 0 aliphatic rings. The van der Waals surface area contributed by atoms with Gasteiger partial charge in [0.25, 0.3) is 0 Å². The smallest absolute Gasteiger partial charge is 0.191 e. The minimum atomic E-state index is 0.294. The summed E-state index contributed by atoms with van der Waals surface area (Å²) >= 11 is 1.84. The lowest BCUT2D eigenvalue weighted by Crippen LogP contribution is -2.42. The summed E-state index contributed by atoms with van der Waals surface area (Å²) in [5.41, 5.74) is 1.05. The Morgan fingerprint density at radius 1 is 1.20 bits per heavy atom. The number of rotatable bonds is 7. The molecule has 5 nitrogen and oxygen atoms in total. The summed E-state index contributed by atoms with van der Waals surface area (Å²) in [6, 6.07) is 10.5. The zero-order valence-electron chi connectivity index (χ0n) is 15.6. The van der Waals surface area contributed by atoms with Gasteiger partial charge < -0.3 is 20.1 Å². The first-order chi connectivity index (χ1) is 12.0. The van der Waals surface area contributed by atoms with E-state index < -0.39 is 0 Å². The van der Waals surface area contributed by atoms with Crippen molar-refractivity contribution < 1.29 is 9.47 Å². The summed E-state index contributed by atoms with van der Waals surface area (Å²) in [6.45, 7) is 4.92. The van der Waals surface area contributed by atoms with Gasteiger partial charge in [0, 0.05) is 47.4 Å². The normalized spacial score (nSPS) is 12.6. The number of methoxy groups -OCH3 is 2. The van der Waals surface area contributed by atoms with Gasteiger partial charge in [0.05, 0.1) is 14.2 Å². The quantitative estimate of drug-likeness (QED) is 0.586. The lowest BCUT2D eigenvalue weighted by Gasteiger charge is -2.18. The molecule has 0 saturated carbocycles. The van der Waals surface area contributed by atoms with Crippen LogP contribution in [-0.2, 0) is 13.0 Å². The largest absolute Gasteiger partial charge is 0.497 e. The van der Waals surface area contributed by atoms with E-state index in [0.29, 0.717) is 12.6 Å². The van der Waals surface area contributed by atoms with Crippen molar-refractivity contribution in [1.29, 1.82) is 0 Å². The molecule has 1 atom stereocenters. The lowest BCUT2D eigenvalue weighted by atomic mass is 10.2. The minimum Gasteiger partial charge on any atom is -0.497 e. The average Bonchev–Trinajstić information content (AvgIpc) is 3.02. The first kappa shape index (κ1) is 19.1. The molecule has 1 heterocycles. The van der Waals surface area contributed by atoms with Gasteiger partial charge in [0.2, 0.25) is 0 Å². The van der Waals surface area contributed by atoms with Gasteiger partial charge in [-0.1, -0.05) is 0 Å². The Bertz CT molecular complexity index is 712. The van der Waals surface area contributed by atoms with E-state index in [0.717, 1.165) is 29.4 Å². The summed E-state index contributed by atoms with van der Waals surface area (Å²) in [6.07, 6.45) is 0.977. The Balaban J connectivity index is 1.91. The van der Waals surface area contributed by atoms with E-state index in [1.54, 1.807) is 21.3 Å². The van der Waals surface area contributed by atoms with E-state index in [-0.39, 0.29) is 0 Å². The fraction of sp³-hybridized carbons (Fsp3) is 0.421. The van der Waals surface area contributed by atoms with Gasteiger partial charge >= 0.3 is 0 Å². The predicted octanol–water partition coefficient (Wildman–Crippen LogP) is 3.37. The molecule has 1 unspecified atom stereocenters. The number of aryl methyl sites for hydroxylation is 1. The zero-order valence-corrected chi connectivity index (χ0v) is 16.4. The van der Waals surface area contributed by atoms with Crippen LogP contribution in [-0.4, -0.2) is 33.3 Å². The molecule has 0 fully saturated rings. The molecule has 0 saturated heterocycles. The maximum Gasteiger partial charge on any atom is 0.191 e. The van der Waals surface area contributed by atoms with Crippen molar-refractivity contribution in [2.45, 2.75) is 32.9 Å². The fourth-order valence-corrected chi connectivity index (χ4v) is 3.57. The highest BCUT2D eigenvalue weighted by Gasteiger charge is 2.09. The van der Waals surface area contributed by atoms with Gasteiger partial charge in [-0.15, -0.1) is 11.3 Å². The molecule has 2 N–H and O–H groups in total. The van der Waals surface area contributed by atoms with Gasteiger partial charge in [0.15, 0.2) is 5.96 Å². The maximum atomic E-state index is 5.44. The van der Waals surface area contributed by atoms with Gasteiger partial charge in [-0.25, -0.2) is 0 Å². The minimum absolute atomic E-state index is 0.294. The van der Waals surface area contributed by atoms with Crippen molar-refractivity contribution in [3.05, 3.63) is 45.6 Å². The number of hydrogen-bond donors (Lipinski definition) is 2. The Labute approximate surface area is 154 Å². The molecule has 0 spiro atoms. The van der Waals surface area contributed by atoms with Crippen LogP contribution in [0.4, 0.5) is 0 Å². The maximum absolute atomic E-state index is 5.44. The number of nitrogens with zero attached hydrogens (tertiary/aromatic N) is 1. The van der Waals surface area contributed by atoms with Crippen molar-refractivity contribution >= 4 is 17.3 Å². The summed E-state index contributed by atoms with van der Waals surface area (Å²) in [7, 11) is 5.09. The Hall–Kier alpha value is -2.21. The molecular formula is C19H27N3O2S. The number of thiophene rings is 1. The third-order valence-electron chi connectivity index (χ3n) is 3.85. The molecule has 2 rings (SSSR count). The monoisotopic (exact) mass is 361 g/mol. The number of guanidine groups is 1. The van der Waals surface area contributed by atoms with E-state index in [2.05, 4.69) is 41.6 Å². The van der Waals surface area contributed by atoms with Crippen LogP contribution in [0.2, 0.25) is 0 Å². The van der Waals surface area contributed by atoms with Gasteiger partial charge in [-0.3, -0.25) is 4.99 Å². The van der Waals surface area contributed by atoms with Crippen LogP contribution in [0, 0.1) is 6.92 Å². The molecular weight excluding hydrogens is 334 g/mol. The Morgan fingerprint density at radius 3 is 2.60 bits per heavy atom. The van der Waals surface area contributed by atoms with Crippen LogP contribution in [0.3, 0.4) is 0 Å². The van der Waals surface area contributed by atoms with Crippen molar-refractivity contribution in [3.63, 3.8) is 0 Å². The van der Waals surface area contributed by atoms with Crippen molar-refractivity contribution in [2.75, 3.05) is 21.3 Å². The molecule has 0 aliphatic heterocycles. The second kappa shape index (κ2) is 9.32. The Kier molecular flexibility index (Phi) is 7.13. The van der Waals surface area contributed by atoms with Crippen molar-refractivity contribution in [2.24, 2.45) is 4.99 Å². The van der Waals surface area contributed by atoms with Gasteiger partial charge in [-0.2, -0.15) is 0 Å². The van der Waals surface area contributed by atoms with Crippen LogP contribution in [0.5, 0.6) is 11.5 Å². The first-order valence-corrected chi connectivity index (χ1v) is 9.10. The molecule has 136 valence electrons. The first-order valence-electron chi connectivity index (χ1n) is 8.29. The van der Waals surface area contributed by atoms with Crippen LogP contribution in [0.15, 0.2) is 35.3 Å². The molecule has 0 amide bonds. The molecule has 25 heavy (non-hydrogen) atoms. The number of nitrogens with one attached hydrogen (secondary N) is 2. The van der Waals surface area contributed by atoms with Crippen molar-refractivity contribution in [1.82, 2.24) is 10.6 Å². The van der Waals surface area contributed by atoms with E-state index in [4.69, 9.17) is 9.47 Å². The SMILES string of the molecule is CN=C(NCc1ccc(OC)cc1OC)NC(C)Cc1ccc(C)s1. The van der Waals surface area contributed by atoms with E-state index in [9.17, 15) is 0 Å². The third-order valence-corrected chi connectivity index (χ3v) is 4.87. The molecule has 1 aromatic carbocycles. The molecule has 0 radical (unpaired) electrons. The molecule has 2 aromatic rings. The third kappa shape index (κ3) is 5.67. The predicted molar refractivity (Wildman–Crippen MR) is 105 cm³/mol. The molecule has 1 aromatic heterocycles. The highest BCUT2D eigenvalue weighted by Crippen LogP contribution is 2.24. The summed E-state index contributed by atoms with van der Waals surface area (Å²) < 4.78 is 10.7. The second-order valence-electron chi connectivity index (χ2n) is 5.87. The highest BCUT2D eigenvalue weighted by atomic mass is 32.1. The topological polar surface area (TPSA) is 54.9 Å².